The third-order valence-electron chi connectivity index (χ3n) is 2.58. The van der Waals surface area contributed by atoms with E-state index in [0.29, 0.717) is 19.5 Å². The van der Waals surface area contributed by atoms with Gasteiger partial charge in [0.15, 0.2) is 0 Å². The number of carbonyl (C=O) groups is 1. The van der Waals surface area contributed by atoms with Gasteiger partial charge in [-0.3, -0.25) is 4.79 Å². The molecule has 1 rings (SSSR count). The zero-order valence-electron chi connectivity index (χ0n) is 10.9. The van der Waals surface area contributed by atoms with E-state index in [2.05, 4.69) is 5.32 Å². The molecule has 3 N–H and O–H groups in total. The Kier molecular flexibility index (Phi) is 5.27. The lowest BCUT2D eigenvalue weighted by Gasteiger charge is -2.33. The van der Waals surface area contributed by atoms with E-state index in [0.717, 1.165) is 5.56 Å². The summed E-state index contributed by atoms with van der Waals surface area (Å²) < 4.78 is -0.422. The van der Waals surface area contributed by atoms with Crippen LogP contribution in [-0.2, 0) is 11.2 Å². The highest BCUT2D eigenvalue weighted by Crippen LogP contribution is 2.01. The highest BCUT2D eigenvalue weighted by atomic mass is 16.5. The van der Waals surface area contributed by atoms with Gasteiger partial charge in [0.05, 0.1) is 33.2 Å². The SMILES string of the molecule is C[N+](C)([O-])CCNC(=O)C(N)Cc1ccccc1. The van der Waals surface area contributed by atoms with Crippen LogP contribution in [-0.4, -0.2) is 43.8 Å². The molecule has 0 saturated carbocycles. The Hall–Kier alpha value is -1.43. The van der Waals surface area contributed by atoms with Gasteiger partial charge in [0.1, 0.15) is 0 Å². The molecule has 1 aromatic rings. The number of likely N-dealkylation sites (N-methyl/N-ethyl adjacent to an activating group) is 1. The molecule has 0 spiro atoms. The van der Waals surface area contributed by atoms with E-state index in [1.807, 2.05) is 30.3 Å². The molecule has 0 bridgehead atoms. The molecular weight excluding hydrogens is 230 g/mol. The molecule has 100 valence electrons. The second-order valence-electron chi connectivity index (χ2n) is 4.88. The third-order valence-corrected chi connectivity index (χ3v) is 2.58. The number of hydrogen-bond donors (Lipinski definition) is 2. The number of rotatable bonds is 6. The fourth-order valence-corrected chi connectivity index (χ4v) is 1.54. The second-order valence-corrected chi connectivity index (χ2v) is 4.88. The standard InChI is InChI=1S/C13H21N3O2/c1-16(2,18)9-8-15-13(17)12(14)10-11-6-4-3-5-7-11/h3-7,12H,8-10,14H2,1-2H3,(H,15,17). The first-order chi connectivity index (χ1) is 8.38. The molecule has 0 aliphatic rings. The summed E-state index contributed by atoms with van der Waals surface area (Å²) in [6.45, 7) is 0.682. The molecule has 5 nitrogen and oxygen atoms in total. The van der Waals surface area contributed by atoms with Crippen molar-refractivity contribution in [2.24, 2.45) is 5.73 Å². The predicted molar refractivity (Wildman–Crippen MR) is 71.5 cm³/mol. The zero-order valence-corrected chi connectivity index (χ0v) is 10.9. The summed E-state index contributed by atoms with van der Waals surface area (Å²) in [6, 6.07) is 9.04. The van der Waals surface area contributed by atoms with E-state index in [-0.39, 0.29) is 5.91 Å². The van der Waals surface area contributed by atoms with Gasteiger partial charge in [-0.2, -0.15) is 0 Å². The molecule has 1 amide bonds. The van der Waals surface area contributed by atoms with Crippen LogP contribution in [0.15, 0.2) is 30.3 Å². The number of carbonyl (C=O) groups excluding carboxylic acids is 1. The molecule has 0 aromatic heterocycles. The molecule has 1 unspecified atom stereocenters. The maximum atomic E-state index is 11.7. The molecule has 0 aliphatic carbocycles. The molecule has 0 radical (unpaired) electrons. The van der Waals surface area contributed by atoms with Gasteiger partial charge in [-0.25, -0.2) is 0 Å². The number of hydroxylamine groups is 3. The summed E-state index contributed by atoms with van der Waals surface area (Å²) in [5.41, 5.74) is 6.83. The number of quaternary nitrogens is 1. The molecule has 0 saturated heterocycles. The number of nitrogens with two attached hydrogens (primary N) is 1. The number of amides is 1. The smallest absolute Gasteiger partial charge is 0.237 e. The molecule has 0 heterocycles. The monoisotopic (exact) mass is 251 g/mol. The first-order valence-electron chi connectivity index (χ1n) is 6.00. The Morgan fingerprint density at radius 3 is 2.56 bits per heavy atom. The minimum atomic E-state index is -0.574. The van der Waals surface area contributed by atoms with Gasteiger partial charge in [-0.1, -0.05) is 30.3 Å². The van der Waals surface area contributed by atoms with Crippen molar-refractivity contribution in [3.05, 3.63) is 41.1 Å². The second kappa shape index (κ2) is 6.49. The number of nitrogens with zero attached hydrogens (tertiary/aromatic N) is 1. The van der Waals surface area contributed by atoms with Gasteiger partial charge in [-0.15, -0.1) is 0 Å². The van der Waals surface area contributed by atoms with Crippen molar-refractivity contribution in [1.29, 1.82) is 0 Å². The Bertz CT molecular complexity index is 374. The summed E-state index contributed by atoms with van der Waals surface area (Å²) in [5, 5.41) is 14.0. The molecule has 1 aromatic carbocycles. The lowest BCUT2D eigenvalue weighted by molar-refractivity contribution is -0.838. The van der Waals surface area contributed by atoms with Crippen molar-refractivity contribution in [3.8, 4) is 0 Å². The van der Waals surface area contributed by atoms with Gasteiger partial charge in [0.25, 0.3) is 0 Å². The number of benzene rings is 1. The third kappa shape index (κ3) is 5.77. The number of hydrogen-bond acceptors (Lipinski definition) is 3. The number of nitrogens with one attached hydrogen (secondary N) is 1. The summed E-state index contributed by atoms with van der Waals surface area (Å²) in [5.74, 6) is -0.215. The minimum absolute atomic E-state index is 0.215. The fourth-order valence-electron chi connectivity index (χ4n) is 1.54. The van der Waals surface area contributed by atoms with Crippen LogP contribution in [0.3, 0.4) is 0 Å². The lowest BCUT2D eigenvalue weighted by atomic mass is 10.1. The largest absolute Gasteiger partial charge is 0.633 e. The van der Waals surface area contributed by atoms with Gasteiger partial charge < -0.3 is 20.9 Å². The van der Waals surface area contributed by atoms with Crippen LogP contribution in [0.4, 0.5) is 0 Å². The van der Waals surface area contributed by atoms with Crippen molar-refractivity contribution in [2.45, 2.75) is 12.5 Å². The normalized spacial score (nSPS) is 13.1. The average molecular weight is 251 g/mol. The van der Waals surface area contributed by atoms with Crippen LogP contribution < -0.4 is 11.1 Å². The molecule has 0 aliphatic heterocycles. The van der Waals surface area contributed by atoms with Crippen molar-refractivity contribution < 1.29 is 9.44 Å². The van der Waals surface area contributed by atoms with Crippen LogP contribution in [0, 0.1) is 5.21 Å². The van der Waals surface area contributed by atoms with Crippen molar-refractivity contribution in [3.63, 3.8) is 0 Å². The molecule has 1 atom stereocenters. The van der Waals surface area contributed by atoms with Gasteiger partial charge in [0, 0.05) is 0 Å². The van der Waals surface area contributed by atoms with Crippen LogP contribution in [0.1, 0.15) is 5.56 Å². The molecule has 5 heteroatoms. The highest BCUT2D eigenvalue weighted by molar-refractivity contribution is 5.81. The molecule has 0 fully saturated rings. The van der Waals surface area contributed by atoms with Crippen LogP contribution >= 0.6 is 0 Å². The van der Waals surface area contributed by atoms with Gasteiger partial charge in [-0.05, 0) is 12.0 Å². The Balaban J connectivity index is 2.34. The first-order valence-corrected chi connectivity index (χ1v) is 6.00. The van der Waals surface area contributed by atoms with E-state index in [1.165, 1.54) is 14.1 Å². The Morgan fingerprint density at radius 1 is 1.39 bits per heavy atom. The van der Waals surface area contributed by atoms with Crippen LogP contribution in [0.5, 0.6) is 0 Å². The maximum Gasteiger partial charge on any atom is 0.237 e. The minimum Gasteiger partial charge on any atom is -0.633 e. The van der Waals surface area contributed by atoms with E-state index >= 15 is 0 Å². The van der Waals surface area contributed by atoms with E-state index in [4.69, 9.17) is 5.73 Å². The summed E-state index contributed by atoms with van der Waals surface area (Å²) in [4.78, 5) is 11.7. The van der Waals surface area contributed by atoms with Crippen LogP contribution in [0.25, 0.3) is 0 Å². The van der Waals surface area contributed by atoms with Gasteiger partial charge in [0.2, 0.25) is 5.91 Å². The Labute approximate surface area is 108 Å². The van der Waals surface area contributed by atoms with Crippen LogP contribution in [0.2, 0.25) is 0 Å². The molecular formula is C13H21N3O2. The topological polar surface area (TPSA) is 78.2 Å². The zero-order chi connectivity index (χ0) is 13.6. The summed E-state index contributed by atoms with van der Waals surface area (Å²) in [7, 11) is 3.08. The highest BCUT2D eigenvalue weighted by Gasteiger charge is 2.14. The summed E-state index contributed by atoms with van der Waals surface area (Å²) in [6.07, 6.45) is 0.502. The molecule has 18 heavy (non-hydrogen) atoms. The van der Waals surface area contributed by atoms with Crippen molar-refractivity contribution in [1.82, 2.24) is 5.32 Å². The van der Waals surface area contributed by atoms with E-state index in [1.54, 1.807) is 0 Å². The summed E-state index contributed by atoms with van der Waals surface area (Å²) >= 11 is 0. The van der Waals surface area contributed by atoms with Crippen molar-refractivity contribution in [2.75, 3.05) is 27.2 Å². The van der Waals surface area contributed by atoms with Crippen molar-refractivity contribution >= 4 is 5.91 Å². The predicted octanol–water partition coefficient (Wildman–Crippen LogP) is 0.247. The van der Waals surface area contributed by atoms with E-state index < -0.39 is 10.7 Å². The fraction of sp³-hybridized carbons (Fsp3) is 0.462. The lowest BCUT2D eigenvalue weighted by Crippen LogP contribution is -2.46. The first kappa shape index (κ1) is 14.6. The average Bonchev–Trinajstić information content (AvgIpc) is 2.28. The maximum absolute atomic E-state index is 11.7. The Morgan fingerprint density at radius 2 is 2.00 bits per heavy atom. The quantitative estimate of drug-likeness (QED) is 0.562. The van der Waals surface area contributed by atoms with Gasteiger partial charge >= 0.3 is 0 Å². The van der Waals surface area contributed by atoms with E-state index in [9.17, 15) is 10.0 Å².